The van der Waals surface area contributed by atoms with Gasteiger partial charge in [0.1, 0.15) is 0 Å². The van der Waals surface area contributed by atoms with Crippen molar-refractivity contribution >= 4 is 5.97 Å². The molecule has 1 rings (SSSR count). The number of hydrogen-bond donors (Lipinski definition) is 1. The Hall–Kier alpha value is -0.610. The van der Waals surface area contributed by atoms with E-state index >= 15 is 0 Å². The molecule has 4 heteroatoms. The normalized spacial score (nSPS) is 21.1. The smallest absolute Gasteiger partial charge is 0.370 e. The molecule has 0 amide bonds. The van der Waals surface area contributed by atoms with Gasteiger partial charge in [0.15, 0.2) is 0 Å². The zero-order valence-corrected chi connectivity index (χ0v) is 8.08. The second-order valence-electron chi connectivity index (χ2n) is 3.39. The summed E-state index contributed by atoms with van der Waals surface area (Å²) < 4.78 is 0. The first-order valence-corrected chi connectivity index (χ1v) is 4.77. The molecule has 1 unspecified atom stereocenters. The molecule has 1 aliphatic heterocycles. The standard InChI is InChI=1S/C9H16O4/c1-3-5-6-7(4-2)9(8(10)11)12-13-9/h7H,3-6H2,1-2H3,(H,10,11). The van der Waals surface area contributed by atoms with Crippen molar-refractivity contribution in [2.45, 2.75) is 45.3 Å². The summed E-state index contributed by atoms with van der Waals surface area (Å²) in [5.41, 5.74) is 0. The SMILES string of the molecule is CCCCC(CC)C1(C(=O)O)OO1. The highest BCUT2D eigenvalue weighted by atomic mass is 17.4. The van der Waals surface area contributed by atoms with Crippen LogP contribution in [0.25, 0.3) is 0 Å². The fourth-order valence-corrected chi connectivity index (χ4v) is 1.54. The number of carboxylic acids is 1. The van der Waals surface area contributed by atoms with Crippen LogP contribution in [0.1, 0.15) is 39.5 Å². The lowest BCUT2D eigenvalue weighted by atomic mass is 9.91. The molecule has 76 valence electrons. The Labute approximate surface area is 77.8 Å². The number of unbranched alkanes of at least 4 members (excludes halogenated alkanes) is 1. The van der Waals surface area contributed by atoms with Gasteiger partial charge in [0.05, 0.1) is 0 Å². The Morgan fingerprint density at radius 2 is 2.08 bits per heavy atom. The Balaban J connectivity index is 2.50. The van der Waals surface area contributed by atoms with Gasteiger partial charge in [-0.2, -0.15) is 9.78 Å². The van der Waals surface area contributed by atoms with Gasteiger partial charge in [-0.05, 0) is 12.8 Å². The van der Waals surface area contributed by atoms with Gasteiger partial charge in [-0.1, -0.05) is 26.7 Å². The fourth-order valence-electron chi connectivity index (χ4n) is 1.54. The Kier molecular flexibility index (Phi) is 3.27. The molecule has 0 bridgehead atoms. The maximum absolute atomic E-state index is 10.8. The lowest BCUT2D eigenvalue weighted by molar-refractivity contribution is -0.146. The lowest BCUT2D eigenvalue weighted by Crippen LogP contribution is -2.32. The zero-order chi connectivity index (χ0) is 9.90. The van der Waals surface area contributed by atoms with Gasteiger partial charge in [-0.3, -0.25) is 0 Å². The van der Waals surface area contributed by atoms with Crippen LogP contribution in [0.4, 0.5) is 0 Å². The highest BCUT2D eigenvalue weighted by molar-refractivity contribution is 5.77. The summed E-state index contributed by atoms with van der Waals surface area (Å²) in [7, 11) is 0. The number of aliphatic carboxylic acids is 1. The van der Waals surface area contributed by atoms with E-state index in [4.69, 9.17) is 5.11 Å². The first-order valence-electron chi connectivity index (χ1n) is 4.77. The highest BCUT2D eigenvalue weighted by Crippen LogP contribution is 2.41. The minimum Gasteiger partial charge on any atom is -0.477 e. The molecule has 0 aromatic heterocycles. The molecule has 13 heavy (non-hydrogen) atoms. The van der Waals surface area contributed by atoms with Crippen LogP contribution in [0, 0.1) is 5.92 Å². The molecule has 4 nitrogen and oxygen atoms in total. The highest BCUT2D eigenvalue weighted by Gasteiger charge is 2.62. The molecule has 0 aromatic rings. The predicted molar refractivity (Wildman–Crippen MR) is 45.8 cm³/mol. The molecule has 1 fully saturated rings. The molecule has 1 N–H and O–H groups in total. The van der Waals surface area contributed by atoms with Crippen LogP contribution in [-0.2, 0) is 14.6 Å². The van der Waals surface area contributed by atoms with Crippen molar-refractivity contribution in [3.8, 4) is 0 Å². The summed E-state index contributed by atoms with van der Waals surface area (Å²) in [5.74, 6) is -2.34. The average molecular weight is 188 g/mol. The van der Waals surface area contributed by atoms with E-state index in [9.17, 15) is 4.79 Å². The number of rotatable bonds is 6. The van der Waals surface area contributed by atoms with E-state index in [1.807, 2.05) is 6.92 Å². The molecule has 0 radical (unpaired) electrons. The van der Waals surface area contributed by atoms with E-state index in [1.165, 1.54) is 0 Å². The van der Waals surface area contributed by atoms with Gasteiger partial charge in [0.2, 0.25) is 0 Å². The molecular formula is C9H16O4. The quantitative estimate of drug-likeness (QED) is 0.511. The van der Waals surface area contributed by atoms with E-state index in [0.29, 0.717) is 0 Å². The van der Waals surface area contributed by atoms with Crippen molar-refractivity contribution in [3.63, 3.8) is 0 Å². The van der Waals surface area contributed by atoms with Crippen molar-refractivity contribution in [1.29, 1.82) is 0 Å². The monoisotopic (exact) mass is 188 g/mol. The van der Waals surface area contributed by atoms with Crippen LogP contribution in [0.15, 0.2) is 0 Å². The van der Waals surface area contributed by atoms with Gasteiger partial charge in [-0.25, -0.2) is 4.79 Å². The van der Waals surface area contributed by atoms with Gasteiger partial charge in [0.25, 0.3) is 0 Å². The third-order valence-electron chi connectivity index (χ3n) is 2.50. The molecule has 0 aromatic carbocycles. The van der Waals surface area contributed by atoms with Crippen LogP contribution in [0.3, 0.4) is 0 Å². The molecule has 1 heterocycles. The second kappa shape index (κ2) is 4.07. The summed E-state index contributed by atoms with van der Waals surface area (Å²) in [6.07, 6.45) is 3.69. The maximum Gasteiger partial charge on any atom is 0.370 e. The first-order chi connectivity index (χ1) is 6.17. The van der Waals surface area contributed by atoms with Crippen molar-refractivity contribution in [2.24, 2.45) is 5.92 Å². The summed E-state index contributed by atoms with van der Waals surface area (Å²) in [6.45, 7) is 4.03. The topological polar surface area (TPSA) is 62.4 Å². The molecule has 0 spiro atoms. The minimum absolute atomic E-state index is 0.0232. The lowest BCUT2D eigenvalue weighted by Gasteiger charge is -2.14. The Morgan fingerprint density at radius 1 is 1.46 bits per heavy atom. The van der Waals surface area contributed by atoms with E-state index in [2.05, 4.69) is 16.7 Å². The molecule has 0 saturated carbocycles. The maximum atomic E-state index is 10.8. The summed E-state index contributed by atoms with van der Waals surface area (Å²) in [5, 5.41) is 8.85. The fraction of sp³-hybridized carbons (Fsp3) is 0.889. The van der Waals surface area contributed by atoms with Gasteiger partial charge < -0.3 is 5.11 Å². The van der Waals surface area contributed by atoms with Crippen LogP contribution >= 0.6 is 0 Å². The van der Waals surface area contributed by atoms with E-state index < -0.39 is 11.8 Å². The third kappa shape index (κ3) is 2.00. The molecule has 1 atom stereocenters. The molecule has 1 saturated heterocycles. The van der Waals surface area contributed by atoms with Crippen LogP contribution in [0.2, 0.25) is 0 Å². The van der Waals surface area contributed by atoms with Crippen molar-refractivity contribution in [1.82, 2.24) is 0 Å². The molecular weight excluding hydrogens is 172 g/mol. The Bertz CT molecular complexity index is 186. The summed E-state index contributed by atoms with van der Waals surface area (Å²) in [6, 6.07) is 0. The van der Waals surface area contributed by atoms with Crippen molar-refractivity contribution in [2.75, 3.05) is 0 Å². The van der Waals surface area contributed by atoms with Gasteiger partial charge in [-0.15, -0.1) is 0 Å². The van der Waals surface area contributed by atoms with Crippen LogP contribution < -0.4 is 0 Å². The largest absolute Gasteiger partial charge is 0.477 e. The predicted octanol–water partition coefficient (Wildman–Crippen LogP) is 1.95. The second-order valence-corrected chi connectivity index (χ2v) is 3.39. The van der Waals surface area contributed by atoms with E-state index in [0.717, 1.165) is 25.7 Å². The van der Waals surface area contributed by atoms with Crippen molar-refractivity contribution in [3.05, 3.63) is 0 Å². The van der Waals surface area contributed by atoms with Crippen molar-refractivity contribution < 1.29 is 19.7 Å². The third-order valence-corrected chi connectivity index (χ3v) is 2.50. The minimum atomic E-state index is -1.32. The molecule has 0 aliphatic carbocycles. The summed E-state index contributed by atoms with van der Waals surface area (Å²) in [4.78, 5) is 20.0. The zero-order valence-electron chi connectivity index (χ0n) is 8.08. The van der Waals surface area contributed by atoms with Crippen LogP contribution in [0.5, 0.6) is 0 Å². The van der Waals surface area contributed by atoms with Crippen LogP contribution in [-0.4, -0.2) is 16.9 Å². The number of carboxylic acid groups (broad SMARTS) is 1. The van der Waals surface area contributed by atoms with Gasteiger partial charge in [0, 0.05) is 5.92 Å². The number of hydrogen-bond acceptors (Lipinski definition) is 3. The number of carbonyl (C=O) groups is 1. The first kappa shape index (κ1) is 10.5. The van der Waals surface area contributed by atoms with E-state index in [1.54, 1.807) is 0 Å². The van der Waals surface area contributed by atoms with Gasteiger partial charge >= 0.3 is 11.8 Å². The average Bonchev–Trinajstić information content (AvgIpc) is 2.87. The Morgan fingerprint density at radius 3 is 2.38 bits per heavy atom. The summed E-state index contributed by atoms with van der Waals surface area (Å²) >= 11 is 0. The van der Waals surface area contributed by atoms with E-state index in [-0.39, 0.29) is 5.92 Å². The molecule has 1 aliphatic rings.